The highest BCUT2D eigenvalue weighted by molar-refractivity contribution is 7.80. The Balaban J connectivity index is 2.57. The third kappa shape index (κ3) is 1.75. The molecule has 2 rings (SSSR count). The molecule has 0 radical (unpaired) electrons. The lowest BCUT2D eigenvalue weighted by atomic mass is 10.2. The summed E-state index contributed by atoms with van der Waals surface area (Å²) in [6.07, 6.45) is 4.30. The van der Waals surface area contributed by atoms with Gasteiger partial charge in [0.05, 0.1) is 10.6 Å². The first-order chi connectivity index (χ1) is 6.83. The van der Waals surface area contributed by atoms with Gasteiger partial charge < -0.3 is 0 Å². The Hall–Kier alpha value is -0.650. The van der Waals surface area contributed by atoms with Gasteiger partial charge in [-0.05, 0) is 12.5 Å². The Morgan fingerprint density at radius 2 is 2.29 bits per heavy atom. The highest BCUT2D eigenvalue weighted by atomic mass is 32.9. The Morgan fingerprint density at radius 3 is 2.93 bits per heavy atom. The second kappa shape index (κ2) is 4.25. The molecular formula is C9H8N2S3. The van der Waals surface area contributed by atoms with E-state index in [2.05, 4.69) is 16.9 Å². The van der Waals surface area contributed by atoms with Crippen LogP contribution in [0.5, 0.6) is 0 Å². The fourth-order valence-corrected chi connectivity index (χ4v) is 4.28. The number of rotatable bonds is 2. The fraction of sp³-hybridized carbons (Fsp3) is 0.222. The van der Waals surface area contributed by atoms with Crippen molar-refractivity contribution in [2.75, 3.05) is 0 Å². The van der Waals surface area contributed by atoms with Gasteiger partial charge in [-0.3, -0.25) is 0 Å². The van der Waals surface area contributed by atoms with E-state index in [1.54, 1.807) is 33.2 Å². The molecule has 0 atom stereocenters. The Kier molecular flexibility index (Phi) is 3.00. The predicted octanol–water partition coefficient (Wildman–Crippen LogP) is 3.56. The maximum absolute atomic E-state index is 5.26. The smallest absolute Gasteiger partial charge is 0.116 e. The molecule has 0 amide bonds. The van der Waals surface area contributed by atoms with E-state index >= 15 is 0 Å². The topological polar surface area (TPSA) is 25.8 Å². The van der Waals surface area contributed by atoms with Crippen LogP contribution in [0.3, 0.4) is 0 Å². The van der Waals surface area contributed by atoms with Gasteiger partial charge in [-0.1, -0.05) is 39.8 Å². The molecule has 0 bridgehead atoms. The van der Waals surface area contributed by atoms with E-state index in [1.165, 1.54) is 10.4 Å². The maximum atomic E-state index is 5.26. The lowest BCUT2D eigenvalue weighted by Crippen LogP contribution is -1.85. The number of hydrogen-bond donors (Lipinski definition) is 0. The molecule has 0 fully saturated rings. The molecule has 0 N–H and O–H groups in total. The summed E-state index contributed by atoms with van der Waals surface area (Å²) in [6, 6.07) is 1.92. The van der Waals surface area contributed by atoms with Crippen molar-refractivity contribution in [1.82, 2.24) is 9.97 Å². The van der Waals surface area contributed by atoms with E-state index in [0.29, 0.717) is 0 Å². The summed E-state index contributed by atoms with van der Waals surface area (Å²) in [5.74, 6) is 0. The molecule has 2 aromatic heterocycles. The van der Waals surface area contributed by atoms with Crippen molar-refractivity contribution in [2.45, 2.75) is 13.3 Å². The Labute approximate surface area is 94.7 Å². The SMILES string of the molecule is CCc1c(-c2ccncn2)ssc1=S. The molecule has 0 aliphatic heterocycles. The van der Waals surface area contributed by atoms with Crippen molar-refractivity contribution in [2.24, 2.45) is 0 Å². The summed E-state index contributed by atoms with van der Waals surface area (Å²) in [6.45, 7) is 2.12. The van der Waals surface area contributed by atoms with Gasteiger partial charge in [0.1, 0.15) is 10.2 Å². The van der Waals surface area contributed by atoms with Gasteiger partial charge in [0.2, 0.25) is 0 Å². The zero-order valence-corrected chi connectivity index (χ0v) is 10.0. The number of hydrogen-bond acceptors (Lipinski definition) is 5. The van der Waals surface area contributed by atoms with E-state index in [4.69, 9.17) is 12.2 Å². The molecule has 0 aliphatic rings. The summed E-state index contributed by atoms with van der Waals surface area (Å²) in [7, 11) is 3.35. The lowest BCUT2D eigenvalue weighted by Gasteiger charge is -1.97. The van der Waals surface area contributed by atoms with Crippen LogP contribution in [0.25, 0.3) is 10.6 Å². The quantitative estimate of drug-likeness (QED) is 0.593. The summed E-state index contributed by atoms with van der Waals surface area (Å²) in [4.78, 5) is 9.33. The van der Waals surface area contributed by atoms with Crippen molar-refractivity contribution in [3.8, 4) is 10.6 Å². The average molecular weight is 240 g/mol. The number of nitrogens with zero attached hydrogens (tertiary/aromatic N) is 2. The minimum Gasteiger partial charge on any atom is -0.245 e. The van der Waals surface area contributed by atoms with Crippen LogP contribution in [0.15, 0.2) is 18.6 Å². The van der Waals surface area contributed by atoms with Crippen molar-refractivity contribution in [3.63, 3.8) is 0 Å². The van der Waals surface area contributed by atoms with E-state index in [0.717, 1.165) is 15.9 Å². The molecule has 0 aromatic carbocycles. The largest absolute Gasteiger partial charge is 0.245 e. The monoisotopic (exact) mass is 240 g/mol. The van der Waals surface area contributed by atoms with Gasteiger partial charge in [-0.15, -0.1) is 0 Å². The van der Waals surface area contributed by atoms with Gasteiger partial charge in [0, 0.05) is 11.8 Å². The first-order valence-corrected chi connectivity index (χ1v) is 6.77. The highest BCUT2D eigenvalue weighted by Crippen LogP contribution is 2.33. The minimum atomic E-state index is 0.970. The first kappa shape index (κ1) is 9.89. The lowest BCUT2D eigenvalue weighted by molar-refractivity contribution is 1.13. The van der Waals surface area contributed by atoms with Crippen molar-refractivity contribution >= 4 is 32.9 Å². The van der Waals surface area contributed by atoms with Gasteiger partial charge in [-0.25, -0.2) is 9.97 Å². The molecule has 0 saturated carbocycles. The molecule has 2 heterocycles. The van der Waals surface area contributed by atoms with Crippen LogP contribution in [0.4, 0.5) is 0 Å². The van der Waals surface area contributed by atoms with E-state index < -0.39 is 0 Å². The van der Waals surface area contributed by atoms with Crippen LogP contribution < -0.4 is 0 Å². The van der Waals surface area contributed by atoms with Crippen LogP contribution in [0, 0.1) is 3.82 Å². The molecule has 0 aliphatic carbocycles. The third-order valence-electron chi connectivity index (χ3n) is 1.89. The van der Waals surface area contributed by atoms with Crippen LogP contribution in [0.1, 0.15) is 12.5 Å². The molecular weight excluding hydrogens is 232 g/mol. The molecule has 2 nitrogen and oxygen atoms in total. The second-order valence-electron chi connectivity index (χ2n) is 2.71. The average Bonchev–Trinajstić information content (AvgIpc) is 2.61. The summed E-state index contributed by atoms with van der Waals surface area (Å²) < 4.78 is 0.992. The molecule has 5 heteroatoms. The summed E-state index contributed by atoms with van der Waals surface area (Å²) in [5, 5.41) is 0. The Morgan fingerprint density at radius 1 is 1.43 bits per heavy atom. The van der Waals surface area contributed by atoms with Crippen LogP contribution in [-0.4, -0.2) is 9.97 Å². The molecule has 0 saturated heterocycles. The van der Waals surface area contributed by atoms with Gasteiger partial charge in [0.15, 0.2) is 0 Å². The summed E-state index contributed by atoms with van der Waals surface area (Å²) >= 11 is 5.26. The van der Waals surface area contributed by atoms with E-state index in [-0.39, 0.29) is 0 Å². The molecule has 0 spiro atoms. The normalized spacial score (nSPS) is 10.4. The summed E-state index contributed by atoms with van der Waals surface area (Å²) in [5.41, 5.74) is 2.22. The second-order valence-corrected chi connectivity index (χ2v) is 5.53. The standard InChI is InChI=1S/C9H8N2S3/c1-2-6-8(13-14-9(6)12)7-3-4-10-5-11-7/h3-5H,2H2,1H3. The van der Waals surface area contributed by atoms with Crippen molar-refractivity contribution in [1.29, 1.82) is 0 Å². The molecule has 2 aromatic rings. The zero-order valence-electron chi connectivity index (χ0n) is 7.56. The number of aromatic nitrogens is 2. The van der Waals surface area contributed by atoms with Crippen LogP contribution in [-0.2, 0) is 6.42 Å². The van der Waals surface area contributed by atoms with Crippen molar-refractivity contribution < 1.29 is 0 Å². The minimum absolute atomic E-state index is 0.970. The fourth-order valence-electron chi connectivity index (χ4n) is 1.20. The zero-order chi connectivity index (χ0) is 9.97. The third-order valence-corrected chi connectivity index (χ3v) is 5.06. The highest BCUT2D eigenvalue weighted by Gasteiger charge is 2.09. The van der Waals surface area contributed by atoms with Crippen LogP contribution >= 0.6 is 32.9 Å². The molecule has 72 valence electrons. The van der Waals surface area contributed by atoms with Crippen LogP contribution in [0.2, 0.25) is 0 Å². The first-order valence-electron chi connectivity index (χ1n) is 4.21. The molecule has 0 unspecified atom stereocenters. The maximum Gasteiger partial charge on any atom is 0.116 e. The van der Waals surface area contributed by atoms with Gasteiger partial charge in [0.25, 0.3) is 0 Å². The Bertz CT molecular complexity index is 472. The van der Waals surface area contributed by atoms with Crippen molar-refractivity contribution in [3.05, 3.63) is 28.0 Å². The predicted molar refractivity (Wildman–Crippen MR) is 63.4 cm³/mol. The van der Waals surface area contributed by atoms with Gasteiger partial charge in [-0.2, -0.15) is 0 Å². The van der Waals surface area contributed by atoms with E-state index in [9.17, 15) is 0 Å². The van der Waals surface area contributed by atoms with E-state index in [1.807, 2.05) is 6.07 Å². The van der Waals surface area contributed by atoms with Gasteiger partial charge >= 0.3 is 0 Å². The molecule has 14 heavy (non-hydrogen) atoms.